The van der Waals surface area contributed by atoms with Crippen LogP contribution in [0.15, 0.2) is 24.3 Å². The van der Waals surface area contributed by atoms with E-state index in [1.807, 2.05) is 31.2 Å². The smallest absolute Gasteiger partial charge is 0.328 e. The second-order valence-corrected chi connectivity index (χ2v) is 6.84. The Hall–Kier alpha value is -2.08. The Morgan fingerprint density at radius 1 is 1.20 bits per heavy atom. The first-order chi connectivity index (χ1) is 12.1. The fourth-order valence-corrected chi connectivity index (χ4v) is 3.67. The van der Waals surface area contributed by atoms with Crippen LogP contribution in [0.25, 0.3) is 0 Å². The Morgan fingerprint density at radius 3 is 2.52 bits per heavy atom. The summed E-state index contributed by atoms with van der Waals surface area (Å²) in [5, 5.41) is 3.28. The Kier molecular flexibility index (Phi) is 5.27. The zero-order valence-electron chi connectivity index (χ0n) is 14.9. The second kappa shape index (κ2) is 7.44. The summed E-state index contributed by atoms with van der Waals surface area (Å²) in [5.41, 5.74) is 0.222. The SMILES string of the molecule is COC(=O)[C@H]1CCCN1C(=O)C1(Oc2ccc(C)cc2)CCNCC1. The average Bonchev–Trinajstić information content (AvgIpc) is 3.13. The van der Waals surface area contributed by atoms with Gasteiger partial charge in [0, 0.05) is 19.4 Å². The Bertz CT molecular complexity index is 623. The van der Waals surface area contributed by atoms with Crippen molar-refractivity contribution < 1.29 is 19.1 Å². The number of carbonyl (C=O) groups is 2. The monoisotopic (exact) mass is 346 g/mol. The van der Waals surface area contributed by atoms with E-state index in [4.69, 9.17) is 9.47 Å². The lowest BCUT2D eigenvalue weighted by molar-refractivity contribution is -0.159. The van der Waals surface area contributed by atoms with E-state index in [9.17, 15) is 9.59 Å². The molecule has 2 aliphatic rings. The summed E-state index contributed by atoms with van der Waals surface area (Å²) < 4.78 is 11.1. The van der Waals surface area contributed by atoms with Crippen LogP contribution in [0.1, 0.15) is 31.2 Å². The van der Waals surface area contributed by atoms with Crippen molar-refractivity contribution in [2.24, 2.45) is 0 Å². The van der Waals surface area contributed by atoms with Crippen molar-refractivity contribution >= 4 is 11.9 Å². The molecule has 136 valence electrons. The molecule has 0 spiro atoms. The molecular formula is C19H26N2O4. The van der Waals surface area contributed by atoms with E-state index in [1.54, 1.807) is 4.90 Å². The number of piperidine rings is 1. The molecule has 1 aromatic carbocycles. The third kappa shape index (κ3) is 3.63. The summed E-state index contributed by atoms with van der Waals surface area (Å²) in [6, 6.07) is 7.25. The first-order valence-corrected chi connectivity index (χ1v) is 8.91. The molecule has 0 radical (unpaired) electrons. The predicted octanol–water partition coefficient (Wildman–Crippen LogP) is 1.66. The van der Waals surface area contributed by atoms with Gasteiger partial charge in [0.05, 0.1) is 7.11 Å². The maximum Gasteiger partial charge on any atom is 0.328 e. The number of ether oxygens (including phenoxy) is 2. The lowest BCUT2D eigenvalue weighted by Crippen LogP contribution is -2.59. The minimum absolute atomic E-state index is 0.0949. The first kappa shape index (κ1) is 17.7. The van der Waals surface area contributed by atoms with Gasteiger partial charge in [-0.2, -0.15) is 0 Å². The van der Waals surface area contributed by atoms with Gasteiger partial charge in [0.15, 0.2) is 5.60 Å². The molecule has 2 saturated heterocycles. The zero-order valence-corrected chi connectivity index (χ0v) is 14.9. The number of methoxy groups -OCH3 is 1. The normalized spacial score (nSPS) is 22.5. The van der Waals surface area contributed by atoms with Crippen molar-refractivity contribution in [3.63, 3.8) is 0 Å². The second-order valence-electron chi connectivity index (χ2n) is 6.84. The number of esters is 1. The number of benzene rings is 1. The Balaban J connectivity index is 1.85. The predicted molar refractivity (Wildman–Crippen MR) is 93.4 cm³/mol. The van der Waals surface area contributed by atoms with Gasteiger partial charge in [-0.1, -0.05) is 17.7 Å². The summed E-state index contributed by atoms with van der Waals surface area (Å²) in [7, 11) is 1.37. The van der Waals surface area contributed by atoms with Gasteiger partial charge in [0.1, 0.15) is 11.8 Å². The topological polar surface area (TPSA) is 67.9 Å². The maximum atomic E-state index is 13.4. The van der Waals surface area contributed by atoms with Gasteiger partial charge in [-0.05, 0) is 45.0 Å². The lowest BCUT2D eigenvalue weighted by atomic mass is 9.90. The van der Waals surface area contributed by atoms with Gasteiger partial charge in [-0.25, -0.2) is 4.79 Å². The van der Waals surface area contributed by atoms with E-state index in [0.29, 0.717) is 44.6 Å². The number of aryl methyl sites for hydroxylation is 1. The van der Waals surface area contributed by atoms with Crippen LogP contribution in [0.2, 0.25) is 0 Å². The van der Waals surface area contributed by atoms with Crippen molar-refractivity contribution in [3.8, 4) is 5.75 Å². The van der Waals surface area contributed by atoms with E-state index < -0.39 is 11.6 Å². The lowest BCUT2D eigenvalue weighted by Gasteiger charge is -2.40. The van der Waals surface area contributed by atoms with Crippen LogP contribution >= 0.6 is 0 Å². The molecule has 1 atom stereocenters. The number of hydrogen-bond acceptors (Lipinski definition) is 5. The number of amides is 1. The molecule has 6 heteroatoms. The van der Waals surface area contributed by atoms with Crippen LogP contribution in [0, 0.1) is 6.92 Å². The van der Waals surface area contributed by atoms with Gasteiger partial charge >= 0.3 is 5.97 Å². The zero-order chi connectivity index (χ0) is 17.9. The van der Waals surface area contributed by atoms with E-state index in [-0.39, 0.29) is 11.9 Å². The van der Waals surface area contributed by atoms with Gasteiger partial charge in [-0.15, -0.1) is 0 Å². The summed E-state index contributed by atoms with van der Waals surface area (Å²) in [6.07, 6.45) is 2.63. The van der Waals surface area contributed by atoms with E-state index in [2.05, 4.69) is 5.32 Å². The maximum absolute atomic E-state index is 13.4. The number of hydrogen-bond donors (Lipinski definition) is 1. The summed E-state index contributed by atoms with van der Waals surface area (Å²) in [5.74, 6) is 0.252. The molecule has 25 heavy (non-hydrogen) atoms. The number of rotatable bonds is 4. The third-order valence-electron chi connectivity index (χ3n) is 5.12. The van der Waals surface area contributed by atoms with Crippen LogP contribution in [0.5, 0.6) is 5.75 Å². The van der Waals surface area contributed by atoms with Crippen LogP contribution in [-0.4, -0.2) is 55.2 Å². The number of nitrogens with one attached hydrogen (secondary N) is 1. The van der Waals surface area contributed by atoms with E-state index >= 15 is 0 Å². The highest BCUT2D eigenvalue weighted by Crippen LogP contribution is 2.32. The molecule has 0 aliphatic carbocycles. The standard InChI is InChI=1S/C19H26N2O4/c1-14-5-7-15(8-6-14)25-19(9-11-20-12-10-19)18(23)21-13-3-4-16(21)17(22)24-2/h5-8,16,20H,3-4,9-13H2,1-2H3/t16-/m1/s1. The highest BCUT2D eigenvalue weighted by molar-refractivity contribution is 5.90. The van der Waals surface area contributed by atoms with Crippen molar-refractivity contribution in [2.45, 2.75) is 44.2 Å². The largest absolute Gasteiger partial charge is 0.477 e. The van der Waals surface area contributed by atoms with Gasteiger partial charge in [-0.3, -0.25) is 4.79 Å². The number of nitrogens with zero attached hydrogens (tertiary/aromatic N) is 1. The summed E-state index contributed by atoms with van der Waals surface area (Å²) in [6.45, 7) is 4.02. The Labute approximate surface area is 148 Å². The molecule has 1 N–H and O–H groups in total. The summed E-state index contributed by atoms with van der Waals surface area (Å²) in [4.78, 5) is 27.1. The molecule has 6 nitrogen and oxygen atoms in total. The molecule has 1 aromatic rings. The van der Waals surface area contributed by atoms with Crippen LogP contribution in [-0.2, 0) is 14.3 Å². The quantitative estimate of drug-likeness (QED) is 0.840. The van der Waals surface area contributed by atoms with Crippen molar-refractivity contribution in [2.75, 3.05) is 26.7 Å². The molecule has 2 fully saturated rings. The minimum Gasteiger partial charge on any atom is -0.477 e. The van der Waals surface area contributed by atoms with Crippen molar-refractivity contribution in [3.05, 3.63) is 29.8 Å². The average molecular weight is 346 g/mol. The van der Waals surface area contributed by atoms with Crippen LogP contribution in [0.4, 0.5) is 0 Å². The number of likely N-dealkylation sites (tertiary alicyclic amines) is 1. The third-order valence-corrected chi connectivity index (χ3v) is 5.12. The molecule has 3 rings (SSSR count). The van der Waals surface area contributed by atoms with Crippen molar-refractivity contribution in [1.82, 2.24) is 10.2 Å². The molecule has 2 heterocycles. The molecule has 0 saturated carbocycles. The number of carbonyl (C=O) groups excluding carboxylic acids is 2. The van der Waals surface area contributed by atoms with Gasteiger partial charge in [0.25, 0.3) is 5.91 Å². The van der Waals surface area contributed by atoms with Crippen LogP contribution in [0.3, 0.4) is 0 Å². The molecule has 0 bridgehead atoms. The molecule has 1 amide bonds. The van der Waals surface area contributed by atoms with Crippen molar-refractivity contribution in [1.29, 1.82) is 0 Å². The fraction of sp³-hybridized carbons (Fsp3) is 0.579. The van der Waals surface area contributed by atoms with E-state index in [0.717, 1.165) is 12.0 Å². The molecule has 0 unspecified atom stereocenters. The van der Waals surface area contributed by atoms with Gasteiger partial charge in [0.2, 0.25) is 0 Å². The highest BCUT2D eigenvalue weighted by Gasteiger charge is 2.48. The minimum atomic E-state index is -0.920. The van der Waals surface area contributed by atoms with Gasteiger partial charge < -0.3 is 19.7 Å². The fourth-order valence-electron chi connectivity index (χ4n) is 3.67. The molecule has 2 aliphatic heterocycles. The van der Waals surface area contributed by atoms with E-state index in [1.165, 1.54) is 7.11 Å². The Morgan fingerprint density at radius 2 is 1.88 bits per heavy atom. The van der Waals surface area contributed by atoms with Crippen LogP contribution < -0.4 is 10.1 Å². The molecular weight excluding hydrogens is 320 g/mol. The molecule has 0 aromatic heterocycles. The first-order valence-electron chi connectivity index (χ1n) is 8.91. The highest BCUT2D eigenvalue weighted by atomic mass is 16.5. The summed E-state index contributed by atoms with van der Waals surface area (Å²) >= 11 is 0.